The average molecular weight is 557 g/mol. The molecule has 0 unspecified atom stereocenters. The number of fused-ring (bicyclic) bond motifs is 1. The van der Waals surface area contributed by atoms with E-state index in [9.17, 15) is 0 Å². The quantitative estimate of drug-likeness (QED) is 0.196. The van der Waals surface area contributed by atoms with Crippen molar-refractivity contribution < 1.29 is 9.31 Å². The Morgan fingerprint density at radius 3 is 1.69 bits per heavy atom. The lowest BCUT2D eigenvalue weighted by molar-refractivity contribution is 0.00578. The van der Waals surface area contributed by atoms with E-state index in [0.717, 1.165) is 27.9 Å². The van der Waals surface area contributed by atoms with Crippen molar-refractivity contribution in [1.82, 2.24) is 9.55 Å². The summed E-state index contributed by atoms with van der Waals surface area (Å²) in [5, 5.41) is 0. The second-order valence-corrected chi connectivity index (χ2v) is 13.2. The Hall–Kier alpha value is -3.67. The van der Waals surface area contributed by atoms with Crippen molar-refractivity contribution in [3.8, 4) is 28.2 Å². The number of imidazole rings is 1. The van der Waals surface area contributed by atoms with Crippen molar-refractivity contribution in [2.75, 3.05) is 0 Å². The first-order valence-electron chi connectivity index (χ1n) is 15.1. The van der Waals surface area contributed by atoms with Crippen LogP contribution in [0, 0.1) is 0 Å². The van der Waals surface area contributed by atoms with Gasteiger partial charge in [0.2, 0.25) is 0 Å². The Morgan fingerprint density at radius 1 is 0.643 bits per heavy atom. The van der Waals surface area contributed by atoms with Crippen LogP contribution in [-0.4, -0.2) is 27.9 Å². The molecule has 1 fully saturated rings. The largest absolute Gasteiger partial charge is 0.494 e. The van der Waals surface area contributed by atoms with E-state index >= 15 is 0 Å². The van der Waals surface area contributed by atoms with Crippen LogP contribution in [0.5, 0.6) is 0 Å². The van der Waals surface area contributed by atoms with Gasteiger partial charge in [0.1, 0.15) is 5.82 Å². The van der Waals surface area contributed by atoms with E-state index in [1.165, 1.54) is 27.9 Å². The standard InChI is InChI=1S/C37H41BN2O2/c1-24(2)30-21-28(26-15-11-9-12-16-26)22-31(25(3)4)34(30)40-33-23-29(38-41-36(5,6)37(7,8)42-38)19-20-32(33)39-35(40)27-17-13-10-14-18-27/h9-25H,1-8H3. The monoisotopic (exact) mass is 556 g/mol. The van der Waals surface area contributed by atoms with Gasteiger partial charge in [0.15, 0.2) is 0 Å². The number of rotatable bonds is 6. The molecule has 5 heteroatoms. The second kappa shape index (κ2) is 10.6. The molecule has 0 amide bonds. The maximum atomic E-state index is 6.47. The molecule has 1 aliphatic heterocycles. The zero-order chi connectivity index (χ0) is 29.8. The van der Waals surface area contributed by atoms with Crippen LogP contribution in [0.1, 0.15) is 78.4 Å². The fourth-order valence-electron chi connectivity index (χ4n) is 5.84. The first-order chi connectivity index (χ1) is 20.0. The predicted molar refractivity (Wildman–Crippen MR) is 176 cm³/mol. The van der Waals surface area contributed by atoms with Crippen molar-refractivity contribution in [2.45, 2.75) is 78.4 Å². The highest BCUT2D eigenvalue weighted by atomic mass is 16.7. The average Bonchev–Trinajstić information content (AvgIpc) is 3.45. The molecular formula is C37H41BN2O2. The Balaban J connectivity index is 1.65. The molecule has 0 aliphatic carbocycles. The van der Waals surface area contributed by atoms with Crippen LogP contribution < -0.4 is 5.46 Å². The highest BCUT2D eigenvalue weighted by Gasteiger charge is 2.51. The van der Waals surface area contributed by atoms with E-state index in [4.69, 9.17) is 14.3 Å². The van der Waals surface area contributed by atoms with Crippen molar-refractivity contribution in [3.05, 3.63) is 102 Å². The van der Waals surface area contributed by atoms with Gasteiger partial charge in [-0.3, -0.25) is 4.57 Å². The lowest BCUT2D eigenvalue weighted by Gasteiger charge is -2.32. The van der Waals surface area contributed by atoms with Crippen LogP contribution in [0.2, 0.25) is 0 Å². The summed E-state index contributed by atoms with van der Waals surface area (Å²) in [4.78, 5) is 5.25. The summed E-state index contributed by atoms with van der Waals surface area (Å²) in [5.41, 5.74) is 9.56. The van der Waals surface area contributed by atoms with Crippen LogP contribution in [0.4, 0.5) is 0 Å². The molecular weight excluding hydrogens is 515 g/mol. The smallest absolute Gasteiger partial charge is 0.399 e. The Bertz CT molecular complexity index is 1690. The van der Waals surface area contributed by atoms with E-state index < -0.39 is 18.3 Å². The number of hydrogen-bond donors (Lipinski definition) is 0. The van der Waals surface area contributed by atoms with Gasteiger partial charge in [-0.05, 0) is 91.5 Å². The van der Waals surface area contributed by atoms with Crippen LogP contribution in [0.15, 0.2) is 91.0 Å². The summed E-state index contributed by atoms with van der Waals surface area (Å²) in [6, 6.07) is 32.4. The van der Waals surface area contributed by atoms with Crippen molar-refractivity contribution in [1.29, 1.82) is 0 Å². The first kappa shape index (κ1) is 28.5. The lowest BCUT2D eigenvalue weighted by Crippen LogP contribution is -2.41. The molecule has 0 N–H and O–H groups in total. The van der Waals surface area contributed by atoms with Crippen LogP contribution in [-0.2, 0) is 9.31 Å². The molecule has 1 aromatic heterocycles. The second-order valence-electron chi connectivity index (χ2n) is 13.2. The van der Waals surface area contributed by atoms with Gasteiger partial charge in [0.05, 0.1) is 27.9 Å². The van der Waals surface area contributed by atoms with E-state index in [-0.39, 0.29) is 0 Å². The van der Waals surface area contributed by atoms with Crippen molar-refractivity contribution in [3.63, 3.8) is 0 Å². The Kier molecular flexibility index (Phi) is 7.15. The van der Waals surface area contributed by atoms with Gasteiger partial charge >= 0.3 is 7.12 Å². The van der Waals surface area contributed by atoms with E-state index in [1.54, 1.807) is 0 Å². The fourth-order valence-corrected chi connectivity index (χ4v) is 5.84. The third-order valence-electron chi connectivity index (χ3n) is 8.98. The Morgan fingerprint density at radius 2 is 1.17 bits per heavy atom. The maximum absolute atomic E-state index is 6.47. The lowest BCUT2D eigenvalue weighted by atomic mass is 9.79. The van der Waals surface area contributed by atoms with Gasteiger partial charge in [-0.25, -0.2) is 4.98 Å². The minimum atomic E-state index is -0.447. The molecule has 0 bridgehead atoms. The normalized spacial score (nSPS) is 16.2. The fraction of sp³-hybridized carbons (Fsp3) is 0.324. The molecule has 4 nitrogen and oxygen atoms in total. The molecule has 42 heavy (non-hydrogen) atoms. The number of nitrogens with zero attached hydrogens (tertiary/aromatic N) is 2. The first-order valence-corrected chi connectivity index (χ1v) is 15.1. The number of benzene rings is 4. The van der Waals surface area contributed by atoms with Gasteiger partial charge in [-0.1, -0.05) is 94.4 Å². The molecule has 2 heterocycles. The molecule has 0 atom stereocenters. The molecule has 5 aromatic rings. The van der Waals surface area contributed by atoms with Gasteiger partial charge in [0.25, 0.3) is 0 Å². The number of hydrogen-bond acceptors (Lipinski definition) is 3. The molecule has 4 aromatic carbocycles. The summed E-state index contributed by atoms with van der Waals surface area (Å²) < 4.78 is 15.3. The zero-order valence-corrected chi connectivity index (χ0v) is 26.1. The molecule has 214 valence electrons. The summed E-state index contributed by atoms with van der Waals surface area (Å²) in [6.45, 7) is 17.5. The molecule has 1 saturated heterocycles. The third kappa shape index (κ3) is 4.89. The van der Waals surface area contributed by atoms with E-state index in [2.05, 4.69) is 151 Å². The molecule has 0 radical (unpaired) electrons. The summed E-state index contributed by atoms with van der Waals surface area (Å²) in [7, 11) is -0.447. The van der Waals surface area contributed by atoms with Gasteiger partial charge in [0, 0.05) is 5.56 Å². The molecule has 6 rings (SSSR count). The molecule has 1 aliphatic rings. The van der Waals surface area contributed by atoms with Gasteiger partial charge in [-0.2, -0.15) is 0 Å². The predicted octanol–water partition coefficient (Wildman–Crippen LogP) is 8.91. The summed E-state index contributed by atoms with van der Waals surface area (Å²) in [5.74, 6) is 1.54. The zero-order valence-electron chi connectivity index (χ0n) is 26.1. The molecule has 0 spiro atoms. The minimum absolute atomic E-state index is 0.300. The van der Waals surface area contributed by atoms with Gasteiger partial charge < -0.3 is 9.31 Å². The molecule has 0 saturated carbocycles. The minimum Gasteiger partial charge on any atom is -0.399 e. The van der Waals surface area contributed by atoms with Crippen LogP contribution in [0.3, 0.4) is 0 Å². The maximum Gasteiger partial charge on any atom is 0.494 e. The number of aromatic nitrogens is 2. The van der Waals surface area contributed by atoms with Crippen molar-refractivity contribution >= 4 is 23.6 Å². The Labute approximate surface area is 250 Å². The summed E-state index contributed by atoms with van der Waals surface area (Å²) >= 11 is 0. The van der Waals surface area contributed by atoms with Gasteiger partial charge in [-0.15, -0.1) is 0 Å². The van der Waals surface area contributed by atoms with Crippen LogP contribution >= 0.6 is 0 Å². The van der Waals surface area contributed by atoms with E-state index in [1.807, 2.05) is 0 Å². The topological polar surface area (TPSA) is 36.3 Å². The SMILES string of the molecule is CC(C)c1cc(-c2ccccc2)cc(C(C)C)c1-n1c(-c2ccccc2)nc2ccc(B3OC(C)(C)C(C)(C)O3)cc21. The third-order valence-corrected chi connectivity index (χ3v) is 8.98. The van der Waals surface area contributed by atoms with Crippen LogP contribution in [0.25, 0.3) is 39.2 Å². The summed E-state index contributed by atoms with van der Waals surface area (Å²) in [6.07, 6.45) is 0. The van der Waals surface area contributed by atoms with Crippen molar-refractivity contribution in [2.24, 2.45) is 0 Å². The highest BCUT2D eigenvalue weighted by molar-refractivity contribution is 6.62. The highest BCUT2D eigenvalue weighted by Crippen LogP contribution is 2.41. The van der Waals surface area contributed by atoms with E-state index in [0.29, 0.717) is 11.8 Å².